The zero-order chi connectivity index (χ0) is 20.3. The number of hydrogen-bond acceptors (Lipinski definition) is 4. The Morgan fingerprint density at radius 2 is 2.07 bits per heavy atom. The Morgan fingerprint density at radius 3 is 2.72 bits per heavy atom. The number of nitriles is 1. The highest BCUT2D eigenvalue weighted by molar-refractivity contribution is 6.01. The van der Waals surface area contributed by atoms with Gasteiger partial charge in [-0.3, -0.25) is 14.5 Å². The topological polar surface area (TPSA) is 72.0 Å². The number of benzene rings is 1. The van der Waals surface area contributed by atoms with Crippen molar-refractivity contribution in [3.8, 4) is 6.07 Å². The minimum atomic E-state index is -0.278. The van der Waals surface area contributed by atoms with Crippen molar-refractivity contribution >= 4 is 23.2 Å². The van der Waals surface area contributed by atoms with Gasteiger partial charge in [-0.15, -0.1) is 0 Å². The van der Waals surface area contributed by atoms with E-state index in [1.807, 2.05) is 28.9 Å². The number of piperidine rings is 1. The van der Waals surface area contributed by atoms with Gasteiger partial charge in [0.15, 0.2) is 5.69 Å². The number of hydrogen-bond donors (Lipinski definition) is 0. The number of fused-ring (bicyclic) bond motifs is 3. The molecule has 4 aliphatic rings. The fourth-order valence-corrected chi connectivity index (χ4v) is 5.46. The van der Waals surface area contributed by atoms with E-state index < -0.39 is 0 Å². The third kappa shape index (κ3) is 2.81. The van der Waals surface area contributed by atoms with Gasteiger partial charge >= 0.3 is 0 Å². The standard InChI is InChI=1S/C22H23N5O2/c1-13(21(28)27-17(10-23)7-14-8-19(14)27)11-25-12-18-9-20(25)22(29)26(18)16-5-3-15(24-2)4-6-16/h3-6,13-14,17-20H,7-9,11-12H2,1H3/t13-,14+,17-,18+,19?,20+/m0/s1. The molecule has 0 radical (unpaired) electrons. The van der Waals surface area contributed by atoms with Gasteiger partial charge < -0.3 is 9.80 Å². The van der Waals surface area contributed by atoms with Crippen molar-refractivity contribution in [1.82, 2.24) is 9.80 Å². The third-order valence-electron chi connectivity index (χ3n) is 6.96. The first-order chi connectivity index (χ1) is 14.0. The van der Waals surface area contributed by atoms with Gasteiger partial charge in [-0.1, -0.05) is 19.1 Å². The summed E-state index contributed by atoms with van der Waals surface area (Å²) in [6.45, 7) is 10.3. The summed E-state index contributed by atoms with van der Waals surface area (Å²) in [6, 6.07) is 9.35. The van der Waals surface area contributed by atoms with E-state index in [1.54, 1.807) is 12.1 Å². The number of nitrogens with zero attached hydrogens (tertiary/aromatic N) is 5. The predicted molar refractivity (Wildman–Crippen MR) is 106 cm³/mol. The molecule has 7 heteroatoms. The first kappa shape index (κ1) is 18.1. The summed E-state index contributed by atoms with van der Waals surface area (Å²) in [6.07, 6.45) is 2.62. The maximum Gasteiger partial charge on any atom is 0.244 e. The van der Waals surface area contributed by atoms with Gasteiger partial charge in [-0.2, -0.15) is 5.26 Å². The second-order valence-electron chi connectivity index (χ2n) is 8.79. The molecule has 4 fully saturated rings. The van der Waals surface area contributed by atoms with Crippen molar-refractivity contribution in [1.29, 1.82) is 5.26 Å². The van der Waals surface area contributed by atoms with Gasteiger partial charge in [-0.25, -0.2) is 4.85 Å². The lowest BCUT2D eigenvalue weighted by Crippen LogP contribution is -2.53. The maximum atomic E-state index is 13.0. The van der Waals surface area contributed by atoms with Crippen LogP contribution >= 0.6 is 0 Å². The number of likely N-dealkylation sites (tertiary alicyclic amines) is 2. The average molecular weight is 389 g/mol. The number of piperazine rings is 1. The van der Waals surface area contributed by atoms with Crippen molar-refractivity contribution in [2.24, 2.45) is 11.8 Å². The number of rotatable bonds is 4. The molecule has 2 bridgehead atoms. The van der Waals surface area contributed by atoms with Crippen LogP contribution in [0.4, 0.5) is 11.4 Å². The van der Waals surface area contributed by atoms with Crippen LogP contribution in [-0.2, 0) is 9.59 Å². The molecule has 0 spiro atoms. The second-order valence-corrected chi connectivity index (χ2v) is 8.79. The quantitative estimate of drug-likeness (QED) is 0.740. The lowest BCUT2D eigenvalue weighted by molar-refractivity contribution is -0.137. The van der Waals surface area contributed by atoms with Crippen LogP contribution < -0.4 is 4.90 Å². The second kappa shape index (κ2) is 6.57. The Hall–Kier alpha value is -2.90. The Morgan fingerprint density at radius 1 is 1.31 bits per heavy atom. The number of carbonyl (C=O) groups excluding carboxylic acids is 2. The normalized spacial score (nSPS) is 33.3. The summed E-state index contributed by atoms with van der Waals surface area (Å²) in [4.78, 5) is 35.2. The molecule has 29 heavy (non-hydrogen) atoms. The monoisotopic (exact) mass is 389 g/mol. The summed E-state index contributed by atoms with van der Waals surface area (Å²) >= 11 is 0. The molecule has 1 unspecified atom stereocenters. The zero-order valence-electron chi connectivity index (χ0n) is 16.4. The van der Waals surface area contributed by atoms with Crippen LogP contribution in [-0.4, -0.2) is 58.9 Å². The van der Waals surface area contributed by atoms with Crippen molar-refractivity contribution in [2.75, 3.05) is 18.0 Å². The van der Waals surface area contributed by atoms with Crippen molar-refractivity contribution in [3.63, 3.8) is 0 Å². The molecule has 3 aliphatic heterocycles. The summed E-state index contributed by atoms with van der Waals surface area (Å²) in [5, 5.41) is 9.36. The van der Waals surface area contributed by atoms with E-state index in [9.17, 15) is 14.9 Å². The van der Waals surface area contributed by atoms with Crippen LogP contribution in [0.5, 0.6) is 0 Å². The minimum absolute atomic E-state index is 0.0587. The molecule has 5 rings (SSSR count). The molecular weight excluding hydrogens is 366 g/mol. The SMILES string of the molecule is [C-]#[N+]c1ccc(N2C(=O)[C@H]3C[C@@H]2CN3C[C@H](C)C(=O)N2C3C[C@H]3C[C@H]2C#N)cc1. The molecule has 1 saturated carbocycles. The summed E-state index contributed by atoms with van der Waals surface area (Å²) in [5.41, 5.74) is 1.40. The Labute approximate surface area is 170 Å². The fourth-order valence-electron chi connectivity index (χ4n) is 5.46. The van der Waals surface area contributed by atoms with Gasteiger partial charge in [-0.05, 0) is 37.3 Å². The van der Waals surface area contributed by atoms with E-state index in [4.69, 9.17) is 6.57 Å². The molecule has 1 aromatic carbocycles. The zero-order valence-corrected chi connectivity index (χ0v) is 16.4. The van der Waals surface area contributed by atoms with E-state index in [0.717, 1.165) is 31.5 Å². The molecular formula is C22H23N5O2. The van der Waals surface area contributed by atoms with Crippen LogP contribution in [0.25, 0.3) is 4.85 Å². The lowest BCUT2D eigenvalue weighted by Gasteiger charge is -2.35. The summed E-state index contributed by atoms with van der Waals surface area (Å²) < 4.78 is 0. The highest BCUT2D eigenvalue weighted by Crippen LogP contribution is 2.48. The number of carbonyl (C=O) groups is 2. The molecule has 6 atom stereocenters. The van der Waals surface area contributed by atoms with E-state index in [-0.39, 0.29) is 41.9 Å². The summed E-state index contributed by atoms with van der Waals surface area (Å²) in [7, 11) is 0. The smallest absolute Gasteiger partial charge is 0.244 e. The van der Waals surface area contributed by atoms with Gasteiger partial charge in [0.25, 0.3) is 0 Å². The van der Waals surface area contributed by atoms with Crippen LogP contribution in [0.3, 0.4) is 0 Å². The Kier molecular flexibility index (Phi) is 4.11. The van der Waals surface area contributed by atoms with Crippen molar-refractivity contribution in [2.45, 2.75) is 50.4 Å². The van der Waals surface area contributed by atoms with E-state index >= 15 is 0 Å². The predicted octanol–water partition coefficient (Wildman–Crippen LogP) is 2.18. The van der Waals surface area contributed by atoms with E-state index in [2.05, 4.69) is 15.8 Å². The Balaban J connectivity index is 1.24. The number of amides is 2. The third-order valence-corrected chi connectivity index (χ3v) is 6.96. The maximum absolute atomic E-state index is 13.0. The van der Waals surface area contributed by atoms with Gasteiger partial charge in [0.1, 0.15) is 6.04 Å². The average Bonchev–Trinajstić information content (AvgIpc) is 3.07. The van der Waals surface area contributed by atoms with Crippen molar-refractivity contribution in [3.05, 3.63) is 35.7 Å². The first-order valence-electron chi connectivity index (χ1n) is 10.3. The molecule has 3 saturated heterocycles. The van der Waals surface area contributed by atoms with Gasteiger partial charge in [0.2, 0.25) is 11.8 Å². The minimum Gasteiger partial charge on any atom is -0.323 e. The van der Waals surface area contributed by atoms with Gasteiger partial charge in [0, 0.05) is 30.7 Å². The van der Waals surface area contributed by atoms with Crippen LogP contribution in [0.2, 0.25) is 0 Å². The highest BCUT2D eigenvalue weighted by atomic mass is 16.2. The highest BCUT2D eigenvalue weighted by Gasteiger charge is 2.55. The summed E-state index contributed by atoms with van der Waals surface area (Å²) in [5.74, 6) is 0.435. The molecule has 0 aromatic heterocycles. The van der Waals surface area contributed by atoms with Gasteiger partial charge in [0.05, 0.1) is 24.7 Å². The molecule has 1 aromatic rings. The Bertz CT molecular complexity index is 945. The molecule has 7 nitrogen and oxygen atoms in total. The van der Waals surface area contributed by atoms with Crippen LogP contribution in [0.15, 0.2) is 24.3 Å². The van der Waals surface area contributed by atoms with E-state index in [1.165, 1.54) is 0 Å². The molecule has 3 heterocycles. The van der Waals surface area contributed by atoms with Crippen LogP contribution in [0.1, 0.15) is 26.2 Å². The largest absolute Gasteiger partial charge is 0.323 e. The molecule has 1 aliphatic carbocycles. The fraction of sp³-hybridized carbons (Fsp3) is 0.545. The molecule has 2 amide bonds. The van der Waals surface area contributed by atoms with Crippen LogP contribution in [0, 0.1) is 29.7 Å². The van der Waals surface area contributed by atoms with E-state index in [0.29, 0.717) is 18.2 Å². The molecule has 148 valence electrons. The first-order valence-corrected chi connectivity index (χ1v) is 10.3. The molecule has 0 N–H and O–H groups in total. The van der Waals surface area contributed by atoms with Crippen molar-refractivity contribution < 1.29 is 9.59 Å². The lowest BCUT2D eigenvalue weighted by atomic mass is 10.1. The number of anilines is 1.